The summed E-state index contributed by atoms with van der Waals surface area (Å²) in [7, 11) is 0. The average molecular weight is 302 g/mol. The molecule has 0 aliphatic carbocycles. The number of hydrogen-bond donors (Lipinski definition) is 2. The predicted molar refractivity (Wildman–Crippen MR) is 85.2 cm³/mol. The van der Waals surface area contributed by atoms with Crippen LogP contribution in [-0.2, 0) is 6.42 Å². The number of nitrogens with zero attached hydrogens (tertiary/aromatic N) is 2. The van der Waals surface area contributed by atoms with Gasteiger partial charge in [-0.25, -0.2) is 9.37 Å². The average Bonchev–Trinajstić information content (AvgIpc) is 2.81. The van der Waals surface area contributed by atoms with E-state index in [1.54, 1.807) is 23.5 Å². The number of aryl methyl sites for hydroxylation is 1. The Balaban J connectivity index is 1.74. The number of anilines is 2. The molecular weight excluding hydrogens is 287 g/mol. The van der Waals surface area contributed by atoms with Crippen LogP contribution in [-0.4, -0.2) is 16.5 Å². The first-order chi connectivity index (χ1) is 10.1. The molecule has 0 radical (unpaired) electrons. The number of benzene rings is 1. The Morgan fingerprint density at radius 3 is 2.76 bits per heavy atom. The van der Waals surface area contributed by atoms with Gasteiger partial charge in [-0.1, -0.05) is 12.1 Å². The zero-order valence-corrected chi connectivity index (χ0v) is 12.4. The molecule has 2 heterocycles. The first-order valence-electron chi connectivity index (χ1n) is 6.64. The van der Waals surface area contributed by atoms with Crippen LogP contribution in [0, 0.1) is 12.7 Å². The number of rotatable bonds is 4. The normalized spacial score (nSPS) is 11.0. The molecule has 0 saturated heterocycles. The number of aromatic nitrogens is 2. The van der Waals surface area contributed by atoms with E-state index in [1.165, 1.54) is 17.0 Å². The number of halogens is 1. The molecule has 1 aromatic carbocycles. The van der Waals surface area contributed by atoms with Crippen LogP contribution in [0.1, 0.15) is 10.4 Å². The van der Waals surface area contributed by atoms with Gasteiger partial charge in [0.05, 0.1) is 5.39 Å². The number of thiophene rings is 1. The minimum atomic E-state index is -0.217. The van der Waals surface area contributed by atoms with Crippen molar-refractivity contribution in [3.63, 3.8) is 0 Å². The smallest absolute Gasteiger partial charge is 0.223 e. The van der Waals surface area contributed by atoms with Crippen LogP contribution < -0.4 is 11.1 Å². The Labute approximate surface area is 125 Å². The first-order valence-corrected chi connectivity index (χ1v) is 7.45. The summed E-state index contributed by atoms with van der Waals surface area (Å²) >= 11 is 1.60. The second-order valence-corrected chi connectivity index (χ2v) is 6.04. The third kappa shape index (κ3) is 3.11. The molecule has 2 aromatic heterocycles. The summed E-state index contributed by atoms with van der Waals surface area (Å²) in [5.41, 5.74) is 6.81. The summed E-state index contributed by atoms with van der Waals surface area (Å²) in [6, 6.07) is 8.57. The second-order valence-electron chi connectivity index (χ2n) is 4.81. The molecule has 0 atom stereocenters. The van der Waals surface area contributed by atoms with Crippen LogP contribution in [0.3, 0.4) is 0 Å². The molecule has 108 valence electrons. The van der Waals surface area contributed by atoms with Crippen molar-refractivity contribution >= 4 is 33.3 Å². The maximum absolute atomic E-state index is 12.8. The van der Waals surface area contributed by atoms with E-state index < -0.39 is 0 Å². The van der Waals surface area contributed by atoms with Gasteiger partial charge in [0.25, 0.3) is 0 Å². The van der Waals surface area contributed by atoms with Crippen molar-refractivity contribution < 1.29 is 4.39 Å². The van der Waals surface area contributed by atoms with E-state index in [0.717, 1.165) is 28.0 Å². The van der Waals surface area contributed by atoms with Gasteiger partial charge in [0, 0.05) is 11.4 Å². The van der Waals surface area contributed by atoms with E-state index >= 15 is 0 Å². The molecule has 0 bridgehead atoms. The molecule has 3 rings (SSSR count). The maximum atomic E-state index is 12.8. The number of nitrogens with two attached hydrogens (primary N) is 1. The predicted octanol–water partition coefficient (Wildman–Crippen LogP) is 3.38. The summed E-state index contributed by atoms with van der Waals surface area (Å²) < 4.78 is 12.8. The highest BCUT2D eigenvalue weighted by atomic mass is 32.1. The van der Waals surface area contributed by atoms with E-state index in [1.807, 2.05) is 6.92 Å². The molecule has 0 aliphatic heterocycles. The van der Waals surface area contributed by atoms with Crippen molar-refractivity contribution in [2.24, 2.45) is 0 Å². The summed E-state index contributed by atoms with van der Waals surface area (Å²) in [4.78, 5) is 10.6. The molecule has 21 heavy (non-hydrogen) atoms. The van der Waals surface area contributed by atoms with Crippen LogP contribution in [0.25, 0.3) is 10.2 Å². The van der Waals surface area contributed by atoms with Gasteiger partial charge in [-0.3, -0.25) is 0 Å². The van der Waals surface area contributed by atoms with Crippen molar-refractivity contribution in [2.75, 3.05) is 17.6 Å². The van der Waals surface area contributed by atoms with Crippen LogP contribution in [0.15, 0.2) is 30.3 Å². The highest BCUT2D eigenvalue weighted by Crippen LogP contribution is 2.28. The molecule has 0 spiro atoms. The highest BCUT2D eigenvalue weighted by Gasteiger charge is 2.08. The summed E-state index contributed by atoms with van der Waals surface area (Å²) in [6.07, 6.45) is 0.787. The fraction of sp³-hybridized carbons (Fsp3) is 0.200. The Kier molecular flexibility index (Phi) is 3.70. The standard InChI is InChI=1S/C15H15FN4S/c1-9-8-12-13(19-15(17)20-14(12)21-9)18-7-6-10-2-4-11(16)5-3-10/h2-5,8H,6-7H2,1H3,(H3,17,18,19,20). The SMILES string of the molecule is Cc1cc2c(NCCc3ccc(F)cc3)nc(N)nc2s1. The molecule has 0 aliphatic rings. The van der Waals surface area contributed by atoms with Crippen LogP contribution in [0.2, 0.25) is 0 Å². The lowest BCUT2D eigenvalue weighted by molar-refractivity contribution is 0.627. The van der Waals surface area contributed by atoms with Gasteiger partial charge < -0.3 is 11.1 Å². The maximum Gasteiger partial charge on any atom is 0.223 e. The summed E-state index contributed by atoms with van der Waals surface area (Å²) in [6.45, 7) is 2.73. The quantitative estimate of drug-likeness (QED) is 0.775. The van der Waals surface area contributed by atoms with E-state index in [0.29, 0.717) is 6.54 Å². The fourth-order valence-electron chi connectivity index (χ4n) is 2.17. The summed E-state index contributed by atoms with van der Waals surface area (Å²) in [5, 5.41) is 4.28. The molecule has 3 N–H and O–H groups in total. The monoisotopic (exact) mass is 302 g/mol. The van der Waals surface area contributed by atoms with E-state index in [2.05, 4.69) is 21.4 Å². The first kappa shape index (κ1) is 13.8. The van der Waals surface area contributed by atoms with Crippen molar-refractivity contribution in [1.82, 2.24) is 9.97 Å². The molecule has 0 fully saturated rings. The largest absolute Gasteiger partial charge is 0.369 e. The third-order valence-corrected chi connectivity index (χ3v) is 4.10. The molecule has 4 nitrogen and oxygen atoms in total. The van der Waals surface area contributed by atoms with Crippen molar-refractivity contribution in [3.05, 3.63) is 46.6 Å². The fourth-order valence-corrected chi connectivity index (χ4v) is 3.06. The van der Waals surface area contributed by atoms with Crippen molar-refractivity contribution in [1.29, 1.82) is 0 Å². The Morgan fingerprint density at radius 2 is 2.00 bits per heavy atom. The molecular formula is C15H15FN4S. The Bertz CT molecular complexity index is 767. The Hall–Kier alpha value is -2.21. The van der Waals surface area contributed by atoms with E-state index in [-0.39, 0.29) is 11.8 Å². The number of hydrogen-bond acceptors (Lipinski definition) is 5. The van der Waals surface area contributed by atoms with Gasteiger partial charge in [-0.05, 0) is 37.1 Å². The summed E-state index contributed by atoms with van der Waals surface area (Å²) in [5.74, 6) is 0.809. The molecule has 6 heteroatoms. The second kappa shape index (κ2) is 5.65. The molecule has 0 unspecified atom stereocenters. The number of fused-ring (bicyclic) bond motifs is 1. The number of nitrogen functional groups attached to an aromatic ring is 1. The van der Waals surface area contributed by atoms with E-state index in [4.69, 9.17) is 5.73 Å². The van der Waals surface area contributed by atoms with Crippen LogP contribution >= 0.6 is 11.3 Å². The van der Waals surface area contributed by atoms with Gasteiger partial charge in [0.15, 0.2) is 0 Å². The number of nitrogens with one attached hydrogen (secondary N) is 1. The highest BCUT2D eigenvalue weighted by molar-refractivity contribution is 7.18. The Morgan fingerprint density at radius 1 is 1.24 bits per heavy atom. The lowest BCUT2D eigenvalue weighted by atomic mass is 10.1. The van der Waals surface area contributed by atoms with Crippen molar-refractivity contribution in [2.45, 2.75) is 13.3 Å². The topological polar surface area (TPSA) is 63.8 Å². The zero-order valence-electron chi connectivity index (χ0n) is 11.6. The van der Waals surface area contributed by atoms with Gasteiger partial charge in [-0.2, -0.15) is 4.98 Å². The third-order valence-electron chi connectivity index (χ3n) is 3.15. The van der Waals surface area contributed by atoms with Gasteiger partial charge in [-0.15, -0.1) is 11.3 Å². The van der Waals surface area contributed by atoms with Crippen molar-refractivity contribution in [3.8, 4) is 0 Å². The molecule has 3 aromatic rings. The van der Waals surface area contributed by atoms with Crippen LogP contribution in [0.5, 0.6) is 0 Å². The lowest BCUT2D eigenvalue weighted by Crippen LogP contribution is -2.08. The lowest BCUT2D eigenvalue weighted by Gasteiger charge is -2.07. The molecule has 0 saturated carbocycles. The van der Waals surface area contributed by atoms with Gasteiger partial charge in [0.2, 0.25) is 5.95 Å². The van der Waals surface area contributed by atoms with Crippen LogP contribution in [0.4, 0.5) is 16.2 Å². The molecule has 0 amide bonds. The zero-order chi connectivity index (χ0) is 14.8. The minimum absolute atomic E-state index is 0.217. The van der Waals surface area contributed by atoms with Gasteiger partial charge >= 0.3 is 0 Å². The van der Waals surface area contributed by atoms with Gasteiger partial charge in [0.1, 0.15) is 16.5 Å². The van der Waals surface area contributed by atoms with E-state index in [9.17, 15) is 4.39 Å². The minimum Gasteiger partial charge on any atom is -0.369 e.